The number of aliphatic hydroxyl groups excluding tert-OH is 1. The van der Waals surface area contributed by atoms with Gasteiger partial charge in [-0.1, -0.05) is 0 Å². The average molecular weight is 212 g/mol. The van der Waals surface area contributed by atoms with E-state index in [0.717, 1.165) is 45.1 Å². The zero-order valence-corrected chi connectivity index (χ0v) is 7.30. The van der Waals surface area contributed by atoms with Gasteiger partial charge in [0.25, 0.3) is 0 Å². The Bertz CT molecular complexity index is 49.5. The maximum absolute atomic E-state index is 8.77. The molecule has 0 amide bonds. The van der Waals surface area contributed by atoms with Gasteiger partial charge in [0, 0.05) is 0 Å². The van der Waals surface area contributed by atoms with Crippen LogP contribution in [0.2, 0.25) is 0 Å². The monoisotopic (exact) mass is 212 g/mol. The van der Waals surface area contributed by atoms with Gasteiger partial charge >= 0.3 is 64.8 Å². The van der Waals surface area contributed by atoms with Crippen LogP contribution in [0.4, 0.5) is 0 Å². The maximum atomic E-state index is 8.77. The summed E-state index contributed by atoms with van der Waals surface area (Å²) in [7, 11) is 0. The van der Waals surface area contributed by atoms with Gasteiger partial charge in [0.05, 0.1) is 0 Å². The van der Waals surface area contributed by atoms with Gasteiger partial charge in [0.2, 0.25) is 0 Å². The molecule has 1 nitrogen and oxygen atoms in total. The van der Waals surface area contributed by atoms with E-state index in [-0.39, 0.29) is 1.69 Å². The Morgan fingerprint density at radius 3 is 2.17 bits per heavy atom. The molecule has 0 radical (unpaired) electrons. The van der Waals surface area contributed by atoms with Crippen LogP contribution >= 0.6 is 0 Å². The van der Waals surface area contributed by atoms with Gasteiger partial charge < -0.3 is 0 Å². The summed E-state index contributed by atoms with van der Waals surface area (Å²) in [5.74, 6) is 0.731. The van der Waals surface area contributed by atoms with Crippen molar-refractivity contribution in [1.82, 2.24) is 0 Å². The third-order valence-corrected chi connectivity index (χ3v) is 2.85. The minimum atomic E-state index is 0.130. The van der Waals surface area contributed by atoms with E-state index in [1.807, 2.05) is 0 Å². The van der Waals surface area contributed by atoms with Crippen LogP contribution in [0.15, 0.2) is 0 Å². The molecule has 0 heterocycles. The molecule has 0 bridgehead atoms. The summed E-state index contributed by atoms with van der Waals surface area (Å²) in [6, 6.07) is 0. The molecule has 0 aromatic rings. The molecule has 0 spiro atoms. The molecular formula is C4H7OPr. The predicted octanol–water partition coefficient (Wildman–Crippen LogP) is 0.264. The zero-order chi connectivity index (χ0) is 4.57. The van der Waals surface area contributed by atoms with Crippen molar-refractivity contribution in [1.29, 1.82) is 0 Å². The van der Waals surface area contributed by atoms with E-state index in [4.69, 9.17) is 5.11 Å². The van der Waals surface area contributed by atoms with E-state index in [1.165, 1.54) is 12.8 Å². The Hall–Kier alpha value is 1.32. The van der Waals surface area contributed by atoms with Crippen molar-refractivity contribution >= 4 is 0 Å². The van der Waals surface area contributed by atoms with Crippen LogP contribution in [0.3, 0.4) is 0 Å². The van der Waals surface area contributed by atoms with Gasteiger partial charge in [0.1, 0.15) is 0 Å². The number of hydrogen-bond acceptors (Lipinski definition) is 1. The van der Waals surface area contributed by atoms with Crippen molar-refractivity contribution < 1.29 is 44.3 Å². The van der Waals surface area contributed by atoms with Gasteiger partial charge in [-0.15, -0.1) is 0 Å². The molecule has 1 fully saturated rings. The molecule has 1 unspecified atom stereocenters. The van der Waals surface area contributed by atoms with E-state index in [9.17, 15) is 0 Å². The Morgan fingerprint density at radius 2 is 2.17 bits per heavy atom. The van der Waals surface area contributed by atoms with E-state index in [0.29, 0.717) is 0 Å². The van der Waals surface area contributed by atoms with Gasteiger partial charge in [-0.2, -0.15) is 0 Å². The van der Waals surface area contributed by atoms with E-state index in [2.05, 4.69) is 0 Å². The van der Waals surface area contributed by atoms with Crippen molar-refractivity contribution in [3.8, 4) is 0 Å². The molecule has 1 rings (SSSR count). The van der Waals surface area contributed by atoms with Crippen LogP contribution in [0.25, 0.3) is 0 Å². The van der Waals surface area contributed by atoms with Crippen LogP contribution in [-0.4, -0.2) is 6.79 Å². The standard InChI is InChI=1S/C4H7O.Pr/c5-3-4-1-2-4;/h3-5H,1-2H2;. The Labute approximate surface area is 64.1 Å². The van der Waals surface area contributed by atoms with Gasteiger partial charge in [-0.05, 0) is 0 Å². The van der Waals surface area contributed by atoms with Gasteiger partial charge in [-0.3, -0.25) is 0 Å². The summed E-state index contributed by atoms with van der Waals surface area (Å²) < 4.78 is 0.130. The average Bonchev–Trinajstić information content (AvgIpc) is 2.06. The van der Waals surface area contributed by atoms with E-state index >= 15 is 0 Å². The second-order valence-corrected chi connectivity index (χ2v) is 4.02. The molecule has 1 atom stereocenters. The molecule has 1 N–H and O–H groups in total. The molecular weight excluding hydrogens is 205 g/mol. The quantitative estimate of drug-likeness (QED) is 0.661. The first kappa shape index (κ1) is 5.46. The second-order valence-electron chi connectivity index (χ2n) is 1.83. The van der Waals surface area contributed by atoms with Crippen molar-refractivity contribution in [2.75, 3.05) is 0 Å². The summed E-state index contributed by atoms with van der Waals surface area (Å²) in [5.41, 5.74) is 0. The van der Waals surface area contributed by atoms with Crippen LogP contribution in [0.1, 0.15) is 12.8 Å². The summed E-state index contributed by atoms with van der Waals surface area (Å²) in [5, 5.41) is 8.77. The first-order chi connectivity index (χ1) is 2.80. The molecule has 1 saturated carbocycles. The molecule has 2 heteroatoms. The first-order valence-corrected chi connectivity index (χ1v) is 4.38. The van der Waals surface area contributed by atoms with Crippen molar-refractivity contribution in [3.05, 3.63) is 0 Å². The Morgan fingerprint density at radius 1 is 1.67 bits per heavy atom. The molecule has 0 aliphatic heterocycles. The topological polar surface area (TPSA) is 20.2 Å². The molecule has 0 saturated heterocycles. The fourth-order valence-electron chi connectivity index (χ4n) is 0.438. The zero-order valence-electron chi connectivity index (χ0n) is 3.59. The fourth-order valence-corrected chi connectivity index (χ4v) is 1.67. The number of aliphatic hydroxyl groups is 1. The molecule has 0 aromatic heterocycles. The van der Waals surface area contributed by atoms with E-state index < -0.39 is 0 Å². The SMILES string of the molecule is O[CH]([Pr])C1CC1. The fraction of sp³-hybridized carbons (Fsp3) is 1.00. The van der Waals surface area contributed by atoms with Crippen LogP contribution in [-0.2, 0) is 0 Å². The first-order valence-electron chi connectivity index (χ1n) is 2.24. The van der Waals surface area contributed by atoms with Gasteiger partial charge in [0.15, 0.2) is 0 Å². The summed E-state index contributed by atoms with van der Waals surface area (Å²) in [4.78, 5) is 0. The third-order valence-electron chi connectivity index (χ3n) is 1.10. The van der Waals surface area contributed by atoms with Crippen molar-refractivity contribution in [2.45, 2.75) is 14.5 Å². The van der Waals surface area contributed by atoms with Crippen LogP contribution in [0, 0.1) is 45.1 Å². The summed E-state index contributed by atoms with van der Waals surface area (Å²) in [6.07, 6.45) is 2.58. The molecule has 6 heavy (non-hydrogen) atoms. The van der Waals surface area contributed by atoms with E-state index in [1.54, 1.807) is 0 Å². The second kappa shape index (κ2) is 2.06. The summed E-state index contributed by atoms with van der Waals surface area (Å²) in [6.45, 7) is 0. The Kier molecular flexibility index (Phi) is 1.88. The molecule has 0 aromatic carbocycles. The third kappa shape index (κ3) is 1.44. The predicted molar refractivity (Wildman–Crippen MR) is 18.7 cm³/mol. The molecule has 1 aliphatic rings. The molecule has 32 valence electrons. The molecule has 1 aliphatic carbocycles. The Balaban J connectivity index is 2.13. The number of hydrogen-bond donors (Lipinski definition) is 1. The van der Waals surface area contributed by atoms with Crippen LogP contribution < -0.4 is 0 Å². The van der Waals surface area contributed by atoms with Crippen molar-refractivity contribution in [3.63, 3.8) is 0 Å². The minimum absolute atomic E-state index is 0.130. The van der Waals surface area contributed by atoms with Crippen LogP contribution in [0.5, 0.6) is 0 Å². The number of rotatable bonds is 1. The van der Waals surface area contributed by atoms with Gasteiger partial charge in [-0.25, -0.2) is 0 Å². The van der Waals surface area contributed by atoms with Crippen molar-refractivity contribution in [2.24, 2.45) is 5.92 Å². The summed E-state index contributed by atoms with van der Waals surface area (Å²) >= 11 is 0.794. The normalized spacial score (nSPS) is 26.7.